The molecule has 7 rings (SSSR count). The van der Waals surface area contributed by atoms with Crippen molar-refractivity contribution >= 4 is 56.1 Å². The zero-order valence-electron chi connectivity index (χ0n) is 24.2. The summed E-state index contributed by atoms with van der Waals surface area (Å²) >= 11 is 0. The largest absolute Gasteiger partial charge is 0.472 e. The second kappa shape index (κ2) is 12.0. The van der Waals surface area contributed by atoms with Gasteiger partial charge in [0, 0.05) is 6.21 Å². The van der Waals surface area contributed by atoms with E-state index in [9.17, 15) is 38.7 Å². The van der Waals surface area contributed by atoms with Gasteiger partial charge in [-0.3, -0.25) is 46.8 Å². The van der Waals surface area contributed by atoms with Gasteiger partial charge in [0.1, 0.15) is 36.6 Å². The normalized spacial score (nSPS) is 36.3. The summed E-state index contributed by atoms with van der Waals surface area (Å²) in [5, 5.41) is 22.4. The number of nitrogens with zero attached hydrogens (tertiary/aromatic N) is 7. The number of hydrogen-bond acceptors (Lipinski definition) is 18. The van der Waals surface area contributed by atoms with Gasteiger partial charge in [-0.1, -0.05) is 0 Å². The van der Waals surface area contributed by atoms with Crippen molar-refractivity contribution in [1.29, 1.82) is 0 Å². The quantitative estimate of drug-likeness (QED) is 0.0898. The predicted octanol–water partition coefficient (Wildman–Crippen LogP) is -1.91. The average molecular weight is 716 g/mol. The Labute approximate surface area is 265 Å². The van der Waals surface area contributed by atoms with Gasteiger partial charge in [-0.05, 0) is 6.92 Å². The Kier molecular flexibility index (Phi) is 8.17. The zero-order valence-corrected chi connectivity index (χ0v) is 26.0. The lowest BCUT2D eigenvalue weighted by Gasteiger charge is -2.27. The third kappa shape index (κ3) is 5.80. The third-order valence-corrected chi connectivity index (χ3v) is 9.57. The summed E-state index contributed by atoms with van der Waals surface area (Å²) in [4.78, 5) is 70.7. The molecule has 10 atom stereocenters. The fourth-order valence-electron chi connectivity index (χ4n) is 5.54. The van der Waals surface area contributed by atoms with Crippen LogP contribution in [0.1, 0.15) is 19.4 Å². The highest BCUT2D eigenvalue weighted by atomic mass is 31.2. The lowest BCUT2D eigenvalue weighted by Crippen LogP contribution is -2.39. The first-order valence-corrected chi connectivity index (χ1v) is 16.9. The molecular weight excluding hydrogens is 690 g/mol. The van der Waals surface area contributed by atoms with Crippen LogP contribution in [0, 0.1) is 0 Å². The van der Waals surface area contributed by atoms with Crippen molar-refractivity contribution in [2.45, 2.75) is 56.0 Å². The summed E-state index contributed by atoms with van der Waals surface area (Å²) in [6.45, 7) is -0.148. The minimum absolute atomic E-state index is 0.0806. The van der Waals surface area contributed by atoms with Crippen LogP contribution in [0.3, 0.4) is 0 Å². The Morgan fingerprint density at radius 1 is 0.875 bits per heavy atom. The van der Waals surface area contributed by atoms with Gasteiger partial charge < -0.3 is 35.2 Å². The van der Waals surface area contributed by atoms with Crippen molar-refractivity contribution in [2.75, 3.05) is 18.9 Å². The number of nitrogens with one attached hydrogen (secondary N) is 2. The van der Waals surface area contributed by atoms with E-state index in [4.69, 9.17) is 33.3 Å². The van der Waals surface area contributed by atoms with Crippen LogP contribution < -0.4 is 16.9 Å². The summed E-state index contributed by atoms with van der Waals surface area (Å²) in [6.07, 6.45) is -9.48. The molecule has 0 spiro atoms. The van der Waals surface area contributed by atoms with Crippen LogP contribution in [0.4, 0.5) is 11.9 Å². The third-order valence-electron chi connectivity index (χ3n) is 7.60. The number of hydrogen-bond donors (Lipinski definition) is 7. The number of aromatic nitrogens is 8. The van der Waals surface area contributed by atoms with Crippen molar-refractivity contribution in [2.24, 2.45) is 4.99 Å². The zero-order chi connectivity index (χ0) is 34.1. The molecule has 0 bridgehead atoms. The SMILES string of the molecule is C/C=N\c1nc2c(ncn2[C@@H]2O[C@H]3COP(=O)(O)O[C@@H]4C(O)[C@H](n5cnc6c(=O)[nH]c(N)nc65)O[C@H]4COP(=O)(O)O[C@@H]3C2O)c(=O)[nH]1. The van der Waals surface area contributed by atoms with E-state index in [1.807, 2.05) is 0 Å². The molecule has 3 saturated heterocycles. The molecular formula is C22H26N10O14P2. The molecule has 0 saturated carbocycles. The molecule has 24 nitrogen and oxygen atoms in total. The molecule has 0 radical (unpaired) electrons. The van der Waals surface area contributed by atoms with E-state index in [2.05, 4.69) is 34.9 Å². The first-order valence-electron chi connectivity index (χ1n) is 13.9. The Hall–Kier alpha value is -3.77. The molecule has 7 heterocycles. The molecule has 258 valence electrons. The van der Waals surface area contributed by atoms with Gasteiger partial charge in [0.05, 0.1) is 25.9 Å². The molecule has 3 aliphatic heterocycles. The molecule has 4 unspecified atom stereocenters. The van der Waals surface area contributed by atoms with Crippen LogP contribution in [0.2, 0.25) is 0 Å². The monoisotopic (exact) mass is 716 g/mol. The average Bonchev–Trinajstić information content (AvgIpc) is 3.76. The number of rotatable bonds is 3. The minimum atomic E-state index is -5.11. The smallest absolute Gasteiger partial charge is 0.386 e. The van der Waals surface area contributed by atoms with Crippen molar-refractivity contribution in [3.63, 3.8) is 0 Å². The van der Waals surface area contributed by atoms with Crippen LogP contribution >= 0.6 is 15.6 Å². The van der Waals surface area contributed by atoms with Gasteiger partial charge >= 0.3 is 15.6 Å². The van der Waals surface area contributed by atoms with Crippen LogP contribution in [-0.4, -0.2) is 115 Å². The Morgan fingerprint density at radius 3 is 1.85 bits per heavy atom. The topological polar surface area (TPSA) is 336 Å². The number of nitrogens with two attached hydrogens (primary N) is 1. The van der Waals surface area contributed by atoms with Gasteiger partial charge in [-0.15, -0.1) is 0 Å². The van der Waals surface area contributed by atoms with Crippen LogP contribution in [0.25, 0.3) is 22.3 Å². The molecule has 48 heavy (non-hydrogen) atoms. The summed E-state index contributed by atoms with van der Waals surface area (Å²) < 4.78 is 60.9. The van der Waals surface area contributed by atoms with E-state index in [1.165, 1.54) is 6.21 Å². The highest BCUT2D eigenvalue weighted by molar-refractivity contribution is 7.47. The second-order valence-electron chi connectivity index (χ2n) is 10.7. The molecule has 0 amide bonds. The number of aliphatic imine (C=N–C) groups is 1. The Balaban J connectivity index is 1.17. The van der Waals surface area contributed by atoms with Gasteiger partial charge in [0.15, 0.2) is 34.8 Å². The number of H-pyrrole nitrogens is 2. The van der Waals surface area contributed by atoms with Crippen LogP contribution in [0.15, 0.2) is 27.2 Å². The Morgan fingerprint density at radius 2 is 1.35 bits per heavy atom. The minimum Gasteiger partial charge on any atom is -0.386 e. The summed E-state index contributed by atoms with van der Waals surface area (Å²) in [5.41, 5.74) is 3.77. The first-order chi connectivity index (χ1) is 22.7. The molecule has 4 aromatic rings. The summed E-state index contributed by atoms with van der Waals surface area (Å²) in [7, 11) is -10.2. The van der Waals surface area contributed by atoms with E-state index >= 15 is 0 Å². The first kappa shape index (κ1) is 32.8. The number of nitrogen functional groups attached to an aromatic ring is 1. The van der Waals surface area contributed by atoms with E-state index < -0.39 is 89.1 Å². The lowest BCUT2D eigenvalue weighted by molar-refractivity contribution is -0.0664. The number of fused-ring (bicyclic) bond motifs is 4. The number of ether oxygens (including phenoxy) is 2. The van der Waals surface area contributed by atoms with E-state index in [0.717, 1.165) is 21.8 Å². The molecule has 0 aromatic carbocycles. The second-order valence-corrected chi connectivity index (χ2v) is 13.5. The molecule has 8 N–H and O–H groups in total. The molecule has 4 aromatic heterocycles. The maximum absolute atomic E-state index is 13.2. The van der Waals surface area contributed by atoms with Crippen molar-refractivity contribution in [3.8, 4) is 0 Å². The maximum atomic E-state index is 13.2. The van der Waals surface area contributed by atoms with Gasteiger partial charge in [0.25, 0.3) is 11.1 Å². The van der Waals surface area contributed by atoms with Crippen molar-refractivity contribution in [3.05, 3.63) is 33.4 Å². The number of phosphoric acid groups is 2. The molecule has 0 aliphatic carbocycles. The van der Waals surface area contributed by atoms with E-state index in [1.54, 1.807) is 6.92 Å². The number of aliphatic hydroxyl groups is 2. The van der Waals surface area contributed by atoms with Crippen LogP contribution in [-0.2, 0) is 36.7 Å². The number of phosphoric ester groups is 2. The number of imidazole rings is 2. The van der Waals surface area contributed by atoms with Gasteiger partial charge in [-0.25, -0.2) is 24.1 Å². The predicted molar refractivity (Wildman–Crippen MR) is 156 cm³/mol. The number of aromatic amines is 2. The summed E-state index contributed by atoms with van der Waals surface area (Å²) in [6, 6.07) is 0. The lowest BCUT2D eigenvalue weighted by atomic mass is 10.1. The van der Waals surface area contributed by atoms with E-state index in [0.29, 0.717) is 0 Å². The molecule has 3 fully saturated rings. The van der Waals surface area contributed by atoms with Gasteiger partial charge in [-0.2, -0.15) is 9.97 Å². The highest BCUT2D eigenvalue weighted by Gasteiger charge is 2.54. The fourth-order valence-corrected chi connectivity index (χ4v) is 7.47. The van der Waals surface area contributed by atoms with Crippen LogP contribution in [0.5, 0.6) is 0 Å². The molecule has 26 heteroatoms. The summed E-state index contributed by atoms with van der Waals surface area (Å²) in [5.74, 6) is -0.368. The molecule has 3 aliphatic rings. The number of anilines is 1. The highest BCUT2D eigenvalue weighted by Crippen LogP contribution is 2.53. The standard InChI is InChI=1S/C22H26N10O14P2/c1-2-24-22-28-16-10(18(36)30-22)26-6-32(16)20-12(34)14-8(44-20)4-42-47(37,38)45-13-7(3-41-48(39,40)46-14)43-19(11(13)33)31-5-25-9-15(31)27-21(23)29-17(9)35/h2,5-8,11-14,19-20,33-34H,3-4H2,1H3,(H,37,38)(H,39,40)(H,28,30,36)(H3,23,27,29,35)/b24-2-/t7-,8-,11?,12?,13-,14-,19+,20+/m0/s1. The maximum Gasteiger partial charge on any atom is 0.472 e. The van der Waals surface area contributed by atoms with E-state index in [-0.39, 0.29) is 34.2 Å². The Bertz CT molecular complexity index is 2130. The van der Waals surface area contributed by atoms with Crippen molar-refractivity contribution < 1.29 is 56.7 Å². The number of aliphatic hydroxyl groups excluding tert-OH is 2. The van der Waals surface area contributed by atoms with Gasteiger partial charge in [0.2, 0.25) is 11.9 Å². The fraction of sp³-hybridized carbons (Fsp3) is 0.500. The van der Waals surface area contributed by atoms with Crippen molar-refractivity contribution in [1.82, 2.24) is 39.0 Å².